The fraction of sp³-hybridized carbons (Fsp3) is 0.444. The van der Waals surface area contributed by atoms with E-state index in [-0.39, 0.29) is 18.1 Å². The first-order valence-corrected chi connectivity index (χ1v) is 8.11. The maximum absolute atomic E-state index is 11.5. The van der Waals surface area contributed by atoms with Gasteiger partial charge in [-0.3, -0.25) is 14.3 Å². The Bertz CT molecular complexity index is 597. The van der Waals surface area contributed by atoms with Gasteiger partial charge in [0.05, 0.1) is 24.9 Å². The molecule has 11 heteroatoms. The number of carbonyl (C=O) groups is 2. The summed E-state index contributed by atoms with van der Waals surface area (Å²) < 4.78 is 24.1. The number of hydrogen-bond acceptors (Lipinski definition) is 7. The number of nitrogens with two attached hydrogens (primary N) is 1. The van der Waals surface area contributed by atoms with Crippen LogP contribution in [0.4, 0.5) is 5.13 Å². The topological polar surface area (TPSA) is 151 Å². The number of nitrogens with zero attached hydrogens (tertiary/aromatic N) is 1. The van der Waals surface area contributed by atoms with Gasteiger partial charge in [0.2, 0.25) is 21.8 Å². The van der Waals surface area contributed by atoms with Gasteiger partial charge >= 0.3 is 0 Å². The molecule has 0 aliphatic carbocycles. The Morgan fingerprint density at radius 2 is 2.20 bits per heavy atom. The Balaban J connectivity index is 2.49. The van der Waals surface area contributed by atoms with E-state index in [2.05, 4.69) is 15.0 Å². The molecule has 0 spiro atoms. The molecule has 1 heterocycles. The lowest BCUT2D eigenvalue weighted by atomic mass is 10.3. The van der Waals surface area contributed by atoms with Crippen molar-refractivity contribution in [2.75, 3.05) is 17.5 Å². The van der Waals surface area contributed by atoms with Crippen molar-refractivity contribution in [3.05, 3.63) is 11.1 Å². The van der Waals surface area contributed by atoms with Crippen LogP contribution < -0.4 is 15.8 Å². The summed E-state index contributed by atoms with van der Waals surface area (Å²) >= 11 is 1.04. The summed E-state index contributed by atoms with van der Waals surface area (Å²) in [5.74, 6) is -1.40. The van der Waals surface area contributed by atoms with Crippen molar-refractivity contribution in [1.29, 1.82) is 0 Å². The van der Waals surface area contributed by atoms with E-state index in [1.165, 1.54) is 5.38 Å². The first kappa shape index (κ1) is 16.3. The summed E-state index contributed by atoms with van der Waals surface area (Å²) in [7, 11) is -3.41. The van der Waals surface area contributed by atoms with Crippen molar-refractivity contribution in [3.8, 4) is 0 Å². The second-order valence-electron chi connectivity index (χ2n) is 3.92. The van der Waals surface area contributed by atoms with Gasteiger partial charge in [-0.2, -0.15) is 0 Å². The highest BCUT2D eigenvalue weighted by atomic mass is 32.2. The van der Waals surface area contributed by atoms with Crippen molar-refractivity contribution in [2.45, 2.75) is 12.5 Å². The standard InChI is InChI=1S/C9H14N4O5S2/c1-20(17,18)13-9-12-5(4-19-9)2-7(15)11-3-6(14)8(10)16/h4,6,14H,2-3H2,1H3,(H2,10,16)(H,11,15)(H,12,13). The zero-order chi connectivity index (χ0) is 15.3. The molecule has 0 saturated carbocycles. The minimum absolute atomic E-state index is 0.104. The van der Waals surface area contributed by atoms with E-state index < -0.39 is 27.9 Å². The molecule has 0 aromatic carbocycles. The highest BCUT2D eigenvalue weighted by Crippen LogP contribution is 2.16. The van der Waals surface area contributed by atoms with Crippen LogP contribution in [0, 0.1) is 0 Å². The smallest absolute Gasteiger partial charge is 0.248 e. The number of sulfonamides is 1. The summed E-state index contributed by atoms with van der Waals surface area (Å²) in [5.41, 5.74) is 5.19. The average molecular weight is 322 g/mol. The average Bonchev–Trinajstić information content (AvgIpc) is 2.70. The quantitative estimate of drug-likeness (QED) is 0.456. The maximum atomic E-state index is 11.5. The Hall–Kier alpha value is -1.72. The van der Waals surface area contributed by atoms with E-state index in [9.17, 15) is 18.0 Å². The second kappa shape index (κ2) is 6.63. The summed E-state index contributed by atoms with van der Waals surface area (Å²) in [6, 6.07) is 0. The van der Waals surface area contributed by atoms with Gasteiger partial charge in [0, 0.05) is 5.38 Å². The number of amides is 2. The van der Waals surface area contributed by atoms with Crippen LogP contribution in [-0.2, 0) is 26.0 Å². The zero-order valence-electron chi connectivity index (χ0n) is 10.5. The Morgan fingerprint density at radius 3 is 2.75 bits per heavy atom. The monoisotopic (exact) mass is 322 g/mol. The number of carbonyl (C=O) groups excluding carboxylic acids is 2. The van der Waals surface area contributed by atoms with E-state index in [0.29, 0.717) is 5.69 Å². The van der Waals surface area contributed by atoms with Crippen LogP contribution in [0.5, 0.6) is 0 Å². The van der Waals surface area contributed by atoms with Crippen molar-refractivity contribution in [3.63, 3.8) is 0 Å². The first-order chi connectivity index (χ1) is 9.17. The molecule has 2 amide bonds. The van der Waals surface area contributed by atoms with Crippen molar-refractivity contribution in [1.82, 2.24) is 10.3 Å². The number of aliphatic hydroxyl groups excluding tert-OH is 1. The van der Waals surface area contributed by atoms with Gasteiger partial charge in [0.25, 0.3) is 0 Å². The lowest BCUT2D eigenvalue weighted by Crippen LogP contribution is -2.40. The molecule has 9 nitrogen and oxygen atoms in total. The van der Waals surface area contributed by atoms with Crippen LogP contribution in [0.2, 0.25) is 0 Å². The van der Waals surface area contributed by atoms with Crippen LogP contribution in [0.15, 0.2) is 5.38 Å². The van der Waals surface area contributed by atoms with Gasteiger partial charge in [0.1, 0.15) is 6.10 Å². The number of nitrogens with one attached hydrogen (secondary N) is 2. The summed E-state index contributed by atoms with van der Waals surface area (Å²) in [4.78, 5) is 25.9. The Morgan fingerprint density at radius 1 is 1.55 bits per heavy atom. The maximum Gasteiger partial charge on any atom is 0.248 e. The van der Waals surface area contributed by atoms with Gasteiger partial charge in [-0.1, -0.05) is 0 Å². The second-order valence-corrected chi connectivity index (χ2v) is 6.52. The molecule has 0 bridgehead atoms. The van der Waals surface area contributed by atoms with Crippen LogP contribution >= 0.6 is 11.3 Å². The van der Waals surface area contributed by atoms with Crippen LogP contribution in [-0.4, -0.2) is 49.2 Å². The molecular formula is C9H14N4O5S2. The predicted molar refractivity (Wildman–Crippen MR) is 72.5 cm³/mol. The van der Waals surface area contributed by atoms with E-state index in [1.807, 2.05) is 0 Å². The van der Waals surface area contributed by atoms with Gasteiger partial charge in [-0.25, -0.2) is 13.4 Å². The summed E-state index contributed by atoms with van der Waals surface area (Å²) in [6.07, 6.45) is -0.559. The van der Waals surface area contributed by atoms with Crippen LogP contribution in [0.1, 0.15) is 5.69 Å². The summed E-state index contributed by atoms with van der Waals surface area (Å²) in [6.45, 7) is -0.285. The third-order valence-electron chi connectivity index (χ3n) is 1.99. The molecule has 0 aliphatic rings. The molecule has 0 radical (unpaired) electrons. The molecule has 112 valence electrons. The minimum Gasteiger partial charge on any atom is -0.381 e. The Kier molecular flexibility index (Phi) is 5.42. The third kappa shape index (κ3) is 5.95. The predicted octanol–water partition coefficient (Wildman–Crippen LogP) is -1.98. The van der Waals surface area contributed by atoms with E-state index >= 15 is 0 Å². The van der Waals surface area contributed by atoms with Crippen LogP contribution in [0.3, 0.4) is 0 Å². The molecule has 1 aromatic heterocycles. The van der Waals surface area contributed by atoms with Gasteiger partial charge in [0.15, 0.2) is 5.13 Å². The molecule has 0 saturated heterocycles. The normalized spacial score (nSPS) is 12.7. The van der Waals surface area contributed by atoms with E-state index in [0.717, 1.165) is 17.6 Å². The first-order valence-electron chi connectivity index (χ1n) is 5.33. The largest absolute Gasteiger partial charge is 0.381 e. The highest BCUT2D eigenvalue weighted by molar-refractivity contribution is 7.92. The molecule has 1 unspecified atom stereocenters. The number of aliphatic hydroxyl groups is 1. The van der Waals surface area contributed by atoms with Crippen LogP contribution in [0.25, 0.3) is 0 Å². The number of anilines is 1. The van der Waals surface area contributed by atoms with E-state index in [1.54, 1.807) is 0 Å². The van der Waals surface area contributed by atoms with Gasteiger partial charge < -0.3 is 16.2 Å². The molecule has 0 aliphatic heterocycles. The number of rotatable bonds is 7. The third-order valence-corrected chi connectivity index (χ3v) is 3.49. The zero-order valence-corrected chi connectivity index (χ0v) is 12.1. The lowest BCUT2D eigenvalue weighted by Gasteiger charge is -2.07. The summed E-state index contributed by atoms with van der Waals surface area (Å²) in [5, 5.41) is 13.1. The Labute approximate surface area is 119 Å². The number of primary amides is 1. The molecule has 20 heavy (non-hydrogen) atoms. The fourth-order valence-electron chi connectivity index (χ4n) is 1.13. The minimum atomic E-state index is -3.41. The van der Waals surface area contributed by atoms with Crippen molar-refractivity contribution in [2.24, 2.45) is 5.73 Å². The number of thiazole rings is 1. The SMILES string of the molecule is CS(=O)(=O)Nc1nc(CC(=O)NCC(O)C(N)=O)cs1. The van der Waals surface area contributed by atoms with Crippen molar-refractivity contribution < 1.29 is 23.1 Å². The molecule has 1 atom stereocenters. The number of hydrogen-bond donors (Lipinski definition) is 4. The fourth-order valence-corrected chi connectivity index (χ4v) is 2.69. The van der Waals surface area contributed by atoms with Gasteiger partial charge in [-0.15, -0.1) is 11.3 Å². The van der Waals surface area contributed by atoms with Gasteiger partial charge in [-0.05, 0) is 0 Å². The lowest BCUT2D eigenvalue weighted by molar-refractivity contribution is -0.126. The highest BCUT2D eigenvalue weighted by Gasteiger charge is 2.14. The van der Waals surface area contributed by atoms with E-state index in [4.69, 9.17) is 10.8 Å². The molecule has 0 fully saturated rings. The number of aromatic nitrogens is 1. The molecular weight excluding hydrogens is 308 g/mol. The molecule has 1 aromatic rings. The molecule has 1 rings (SSSR count). The molecule has 5 N–H and O–H groups in total. The van der Waals surface area contributed by atoms with Crippen molar-refractivity contribution >= 4 is 38.3 Å².